The highest BCUT2D eigenvalue weighted by atomic mass is 16.2. The molecule has 152 valence electrons. The van der Waals surface area contributed by atoms with Gasteiger partial charge in [-0.1, -0.05) is 32.9 Å². The average Bonchev–Trinajstić information content (AvgIpc) is 2.82. The number of rotatable bonds is 3. The Morgan fingerprint density at radius 2 is 1.86 bits per heavy atom. The van der Waals surface area contributed by atoms with Gasteiger partial charge in [0.05, 0.1) is 0 Å². The third kappa shape index (κ3) is 3.91. The molecule has 4 amide bonds. The van der Waals surface area contributed by atoms with Crippen LogP contribution in [0.4, 0.5) is 10.5 Å². The summed E-state index contributed by atoms with van der Waals surface area (Å²) >= 11 is 0. The summed E-state index contributed by atoms with van der Waals surface area (Å²) in [5.74, 6) is -0.0944. The second kappa shape index (κ2) is 7.22. The van der Waals surface area contributed by atoms with Gasteiger partial charge in [0.15, 0.2) is 0 Å². The van der Waals surface area contributed by atoms with Crippen molar-refractivity contribution >= 4 is 23.5 Å². The first-order chi connectivity index (χ1) is 13.0. The van der Waals surface area contributed by atoms with Crippen LogP contribution in [-0.4, -0.2) is 34.8 Å². The lowest BCUT2D eigenvalue weighted by Gasteiger charge is -2.40. The number of carbonyl (C=O) groups excluding carboxylic acids is 3. The summed E-state index contributed by atoms with van der Waals surface area (Å²) in [4.78, 5) is 39.0. The van der Waals surface area contributed by atoms with E-state index in [9.17, 15) is 14.4 Å². The minimum Gasteiger partial charge on any atom is -0.324 e. The molecule has 2 fully saturated rings. The zero-order valence-electron chi connectivity index (χ0n) is 17.5. The fraction of sp³-hybridized carbons (Fsp3) is 0.591. The number of amides is 4. The predicted molar refractivity (Wildman–Crippen MR) is 109 cm³/mol. The number of benzene rings is 1. The molecule has 3 rings (SSSR count). The lowest BCUT2D eigenvalue weighted by molar-refractivity contribution is -0.135. The van der Waals surface area contributed by atoms with Crippen molar-refractivity contribution in [3.63, 3.8) is 0 Å². The molecule has 2 N–H and O–H groups in total. The van der Waals surface area contributed by atoms with Crippen LogP contribution in [0.5, 0.6) is 0 Å². The van der Waals surface area contributed by atoms with Crippen molar-refractivity contribution in [1.29, 1.82) is 0 Å². The SMILES string of the molecule is Cc1ccc(C)c(NC(=O)CN2C(=O)NC3(CCC(C(C)(C)C)CC3)C2=O)c1. The Morgan fingerprint density at radius 1 is 1.21 bits per heavy atom. The van der Waals surface area contributed by atoms with Crippen molar-refractivity contribution in [3.8, 4) is 0 Å². The lowest BCUT2D eigenvalue weighted by Crippen LogP contribution is -2.51. The molecule has 1 aliphatic carbocycles. The van der Waals surface area contributed by atoms with Crippen LogP contribution in [-0.2, 0) is 9.59 Å². The number of nitrogens with one attached hydrogen (secondary N) is 2. The molecule has 1 saturated heterocycles. The largest absolute Gasteiger partial charge is 0.325 e. The molecule has 6 heteroatoms. The topological polar surface area (TPSA) is 78.5 Å². The Kier molecular flexibility index (Phi) is 5.26. The van der Waals surface area contributed by atoms with Crippen LogP contribution in [0.1, 0.15) is 57.6 Å². The first-order valence-electron chi connectivity index (χ1n) is 10.0. The van der Waals surface area contributed by atoms with Crippen molar-refractivity contribution < 1.29 is 14.4 Å². The van der Waals surface area contributed by atoms with Crippen molar-refractivity contribution in [2.75, 3.05) is 11.9 Å². The van der Waals surface area contributed by atoms with E-state index in [4.69, 9.17) is 0 Å². The summed E-state index contributed by atoms with van der Waals surface area (Å²) in [7, 11) is 0. The Morgan fingerprint density at radius 3 is 2.46 bits per heavy atom. The van der Waals surface area contributed by atoms with Crippen LogP contribution in [0.2, 0.25) is 0 Å². The molecule has 0 atom stereocenters. The van der Waals surface area contributed by atoms with Gasteiger partial charge in [0.1, 0.15) is 12.1 Å². The van der Waals surface area contributed by atoms with Crippen molar-refractivity contribution in [1.82, 2.24) is 10.2 Å². The van der Waals surface area contributed by atoms with Gasteiger partial charge in [-0.3, -0.25) is 14.5 Å². The highest BCUT2D eigenvalue weighted by molar-refractivity contribution is 6.10. The molecule has 1 aromatic carbocycles. The summed E-state index contributed by atoms with van der Waals surface area (Å²) in [6.45, 7) is 10.2. The van der Waals surface area contributed by atoms with Gasteiger partial charge in [-0.2, -0.15) is 0 Å². The number of aryl methyl sites for hydroxylation is 2. The molecule has 0 aromatic heterocycles. The van der Waals surface area contributed by atoms with E-state index in [0.717, 1.165) is 28.9 Å². The van der Waals surface area contributed by atoms with Gasteiger partial charge in [-0.05, 0) is 68.1 Å². The smallest absolute Gasteiger partial charge is 0.324 e. The molecular weight excluding hydrogens is 354 g/mol. The van der Waals surface area contributed by atoms with E-state index in [1.165, 1.54) is 0 Å². The molecule has 2 aliphatic rings. The van der Waals surface area contributed by atoms with Gasteiger partial charge in [-0.15, -0.1) is 0 Å². The molecule has 1 aromatic rings. The normalized spacial score (nSPS) is 25.2. The number of hydrogen-bond donors (Lipinski definition) is 2. The summed E-state index contributed by atoms with van der Waals surface area (Å²) in [5, 5.41) is 5.71. The second-order valence-electron chi connectivity index (χ2n) is 9.41. The van der Waals surface area contributed by atoms with Crippen molar-refractivity contribution in [3.05, 3.63) is 29.3 Å². The zero-order chi connectivity index (χ0) is 20.7. The fourth-order valence-corrected chi connectivity index (χ4v) is 4.34. The number of imide groups is 1. The van der Waals surface area contributed by atoms with Crippen LogP contribution < -0.4 is 10.6 Å². The first-order valence-corrected chi connectivity index (χ1v) is 10.0. The lowest BCUT2D eigenvalue weighted by atomic mass is 9.67. The zero-order valence-corrected chi connectivity index (χ0v) is 17.5. The molecule has 0 bridgehead atoms. The first kappa shape index (κ1) is 20.4. The maximum atomic E-state index is 13.0. The van der Waals surface area contributed by atoms with Gasteiger partial charge in [0.2, 0.25) is 5.91 Å². The van der Waals surface area contributed by atoms with Crippen LogP contribution in [0.25, 0.3) is 0 Å². The highest BCUT2D eigenvalue weighted by Gasteiger charge is 2.53. The van der Waals surface area contributed by atoms with Gasteiger partial charge < -0.3 is 10.6 Å². The standard InChI is InChI=1S/C22H31N3O3/c1-14-6-7-15(2)17(12-14)23-18(26)13-25-19(27)22(24-20(25)28)10-8-16(9-11-22)21(3,4)5/h6-7,12,16H,8-11,13H2,1-5H3,(H,23,26)(H,24,28). The number of carbonyl (C=O) groups is 3. The average molecular weight is 386 g/mol. The van der Waals surface area contributed by atoms with Crippen LogP contribution >= 0.6 is 0 Å². The monoisotopic (exact) mass is 385 g/mol. The van der Waals surface area contributed by atoms with Gasteiger partial charge in [0.25, 0.3) is 5.91 Å². The van der Waals surface area contributed by atoms with E-state index < -0.39 is 11.6 Å². The molecule has 28 heavy (non-hydrogen) atoms. The minimum atomic E-state index is -0.835. The predicted octanol–water partition coefficient (Wildman–Crippen LogP) is 3.77. The number of nitrogens with zero attached hydrogens (tertiary/aromatic N) is 1. The number of anilines is 1. The Labute approximate surface area is 167 Å². The van der Waals surface area contributed by atoms with Crippen molar-refractivity contribution in [2.45, 2.75) is 65.8 Å². The Bertz CT molecular complexity index is 802. The van der Waals surface area contributed by atoms with Crippen LogP contribution in [0.15, 0.2) is 18.2 Å². The highest BCUT2D eigenvalue weighted by Crippen LogP contribution is 2.43. The van der Waals surface area contributed by atoms with Gasteiger partial charge in [-0.25, -0.2) is 4.79 Å². The molecule has 1 spiro atoms. The van der Waals surface area contributed by atoms with E-state index in [-0.39, 0.29) is 23.8 Å². The van der Waals surface area contributed by atoms with E-state index in [0.29, 0.717) is 24.4 Å². The number of urea groups is 1. The van der Waals surface area contributed by atoms with Crippen LogP contribution in [0.3, 0.4) is 0 Å². The van der Waals surface area contributed by atoms with Gasteiger partial charge >= 0.3 is 6.03 Å². The van der Waals surface area contributed by atoms with E-state index >= 15 is 0 Å². The molecular formula is C22H31N3O3. The van der Waals surface area contributed by atoms with Crippen molar-refractivity contribution in [2.24, 2.45) is 11.3 Å². The third-order valence-corrected chi connectivity index (χ3v) is 6.28. The Balaban J connectivity index is 1.66. The van der Waals surface area contributed by atoms with E-state index in [1.807, 2.05) is 32.0 Å². The van der Waals surface area contributed by atoms with E-state index in [1.54, 1.807) is 0 Å². The molecule has 0 unspecified atom stereocenters. The summed E-state index contributed by atoms with van der Waals surface area (Å²) < 4.78 is 0. The quantitative estimate of drug-likeness (QED) is 0.778. The molecule has 6 nitrogen and oxygen atoms in total. The Hall–Kier alpha value is -2.37. The fourth-order valence-electron chi connectivity index (χ4n) is 4.34. The molecule has 1 aliphatic heterocycles. The summed E-state index contributed by atoms with van der Waals surface area (Å²) in [5.41, 5.74) is 2.03. The molecule has 1 heterocycles. The van der Waals surface area contributed by atoms with Crippen LogP contribution in [0, 0.1) is 25.2 Å². The van der Waals surface area contributed by atoms with E-state index in [2.05, 4.69) is 31.4 Å². The summed E-state index contributed by atoms with van der Waals surface area (Å²) in [6.07, 6.45) is 3.07. The van der Waals surface area contributed by atoms with Gasteiger partial charge in [0, 0.05) is 5.69 Å². The molecule has 1 saturated carbocycles. The third-order valence-electron chi connectivity index (χ3n) is 6.28. The maximum Gasteiger partial charge on any atom is 0.325 e. The summed E-state index contributed by atoms with van der Waals surface area (Å²) in [6, 6.07) is 5.32. The second-order valence-corrected chi connectivity index (χ2v) is 9.41. The minimum absolute atomic E-state index is 0.193. The number of hydrogen-bond acceptors (Lipinski definition) is 3. The maximum absolute atomic E-state index is 13.0. The molecule has 0 radical (unpaired) electrons.